The number of fused-ring (bicyclic) bond motifs is 1. The van der Waals surface area contributed by atoms with Crippen molar-refractivity contribution in [2.45, 2.75) is 34.5 Å². The molecular formula is C15H22FN9O4S2. The lowest BCUT2D eigenvalue weighted by atomic mass is 10.0. The van der Waals surface area contributed by atoms with Crippen molar-refractivity contribution >= 4 is 25.6 Å². The number of benzene rings is 1. The van der Waals surface area contributed by atoms with Crippen molar-refractivity contribution < 1.29 is 22.1 Å². The van der Waals surface area contributed by atoms with Crippen LogP contribution < -0.4 is 21.1 Å². The van der Waals surface area contributed by atoms with Crippen LogP contribution in [0.5, 0.6) is 0 Å². The number of sulfonamides is 1. The number of aromatic amines is 1. The lowest BCUT2D eigenvalue weighted by molar-refractivity contribution is 0.187. The Morgan fingerprint density at radius 2 is 2.16 bits per heavy atom. The number of aromatic nitrogens is 4. The number of tetrazole rings is 1. The van der Waals surface area contributed by atoms with Crippen molar-refractivity contribution in [3.05, 3.63) is 12.1 Å². The molecule has 2 aliphatic rings. The second kappa shape index (κ2) is 8.03. The maximum atomic E-state index is 14.3. The van der Waals surface area contributed by atoms with Gasteiger partial charge in [0.1, 0.15) is 11.1 Å². The van der Waals surface area contributed by atoms with Gasteiger partial charge >= 0.3 is 0 Å². The van der Waals surface area contributed by atoms with Crippen LogP contribution in [0.15, 0.2) is 25.7 Å². The SMILES string of the molecule is NC[C@@H](O)CNS1(=O)=NS(=O)(=O)c2c1ccc(N1CC[C@@H](N)[C@H](F)C1)c2-c1nn[nH]n1. The van der Waals surface area contributed by atoms with E-state index in [2.05, 4.69) is 29.1 Å². The lowest BCUT2D eigenvalue weighted by Gasteiger charge is -2.35. The molecule has 0 amide bonds. The fourth-order valence-electron chi connectivity index (χ4n) is 3.53. The van der Waals surface area contributed by atoms with Crippen LogP contribution in [0.1, 0.15) is 6.42 Å². The smallest absolute Gasteiger partial charge is 0.293 e. The number of aliphatic hydroxyl groups excluding tert-OH is 1. The van der Waals surface area contributed by atoms with Gasteiger partial charge in [0.2, 0.25) is 5.82 Å². The first-order valence-electron chi connectivity index (χ1n) is 9.38. The molecular weight excluding hydrogens is 453 g/mol. The van der Waals surface area contributed by atoms with E-state index in [0.29, 0.717) is 18.7 Å². The van der Waals surface area contributed by atoms with Crippen molar-refractivity contribution in [3.63, 3.8) is 0 Å². The van der Waals surface area contributed by atoms with Gasteiger partial charge in [-0.25, -0.2) is 13.3 Å². The number of aliphatic hydroxyl groups is 1. The Bertz CT molecular complexity index is 1200. The summed E-state index contributed by atoms with van der Waals surface area (Å²) in [6.07, 6.45) is -2.00. The molecule has 0 saturated carbocycles. The molecule has 1 fully saturated rings. The van der Waals surface area contributed by atoms with Crippen LogP contribution >= 0.6 is 0 Å². The van der Waals surface area contributed by atoms with Crippen LogP contribution in [-0.4, -0.2) is 82.9 Å². The van der Waals surface area contributed by atoms with Crippen LogP contribution in [0.4, 0.5) is 10.1 Å². The van der Waals surface area contributed by atoms with Crippen LogP contribution in [0.3, 0.4) is 0 Å². The van der Waals surface area contributed by atoms with E-state index in [1.165, 1.54) is 12.1 Å². The van der Waals surface area contributed by atoms with Gasteiger partial charge in [0.05, 0.1) is 23.1 Å². The predicted octanol–water partition coefficient (Wildman–Crippen LogP) is -1.90. The van der Waals surface area contributed by atoms with Crippen molar-refractivity contribution in [2.24, 2.45) is 15.2 Å². The Hall–Kier alpha value is -2.24. The molecule has 31 heavy (non-hydrogen) atoms. The molecule has 1 unspecified atom stereocenters. The summed E-state index contributed by atoms with van der Waals surface area (Å²) in [6, 6.07) is 2.26. The van der Waals surface area contributed by atoms with Crippen LogP contribution in [-0.2, 0) is 19.9 Å². The van der Waals surface area contributed by atoms with Gasteiger partial charge in [-0.1, -0.05) is 3.77 Å². The number of anilines is 1. The zero-order valence-electron chi connectivity index (χ0n) is 16.2. The summed E-state index contributed by atoms with van der Waals surface area (Å²) >= 11 is 0. The molecule has 4 rings (SSSR count). The van der Waals surface area contributed by atoms with Crippen LogP contribution in [0, 0.1) is 0 Å². The largest absolute Gasteiger partial charge is 0.390 e. The van der Waals surface area contributed by atoms with Gasteiger partial charge in [-0.2, -0.15) is 13.6 Å². The molecule has 2 aliphatic heterocycles. The Morgan fingerprint density at radius 3 is 2.81 bits per heavy atom. The summed E-state index contributed by atoms with van der Waals surface area (Å²) in [4.78, 5) is 1.18. The first-order valence-corrected chi connectivity index (χ1v) is 12.3. The normalized spacial score (nSPS) is 28.2. The number of halogens is 1. The maximum Gasteiger partial charge on any atom is 0.293 e. The van der Waals surface area contributed by atoms with E-state index in [1.807, 2.05) is 0 Å². The van der Waals surface area contributed by atoms with Crippen molar-refractivity contribution in [2.75, 3.05) is 31.1 Å². The number of hydrogen-bond acceptors (Lipinski definition) is 10. The molecule has 7 N–H and O–H groups in total. The highest BCUT2D eigenvalue weighted by Crippen LogP contribution is 2.44. The minimum absolute atomic E-state index is 0.0177. The number of piperidine rings is 1. The topological polar surface area (TPSA) is 206 Å². The van der Waals surface area contributed by atoms with Gasteiger partial charge in [0, 0.05) is 31.4 Å². The highest BCUT2D eigenvalue weighted by molar-refractivity contribution is 8.05. The number of hydrogen-bond donors (Lipinski definition) is 5. The number of nitrogens with one attached hydrogen (secondary N) is 2. The molecule has 13 nitrogen and oxygen atoms in total. The highest BCUT2D eigenvalue weighted by Gasteiger charge is 2.40. The standard InChI is InChI=1S/C15H22FN9O4S2/c16-9-7-25(4-3-10(9)18)11-1-2-12-14(13(11)15-20-22-23-21-15)31(28,29)24-30(12,27)19-6-8(26)5-17/h1-2,8-10,26H,3-7,17-18H2,(H,19,24,27)(H,20,21,22,23)/t8-,9-,10-,30?/m1/s1. The molecule has 1 saturated heterocycles. The van der Waals surface area contributed by atoms with Gasteiger partial charge in [0.15, 0.2) is 9.92 Å². The first kappa shape index (κ1) is 22.0. The second-order valence-corrected chi connectivity index (χ2v) is 11.0. The van der Waals surface area contributed by atoms with Gasteiger partial charge in [-0.3, -0.25) is 0 Å². The molecule has 0 spiro atoms. The third-order valence-corrected chi connectivity index (χ3v) is 9.33. The molecule has 0 bridgehead atoms. The van der Waals surface area contributed by atoms with E-state index in [4.69, 9.17) is 11.5 Å². The summed E-state index contributed by atoms with van der Waals surface area (Å²) in [5.41, 5.74) is 11.5. The van der Waals surface area contributed by atoms with Crippen molar-refractivity contribution in [1.82, 2.24) is 25.3 Å². The molecule has 0 radical (unpaired) electrons. The predicted molar refractivity (Wildman–Crippen MR) is 108 cm³/mol. The van der Waals surface area contributed by atoms with Gasteiger partial charge in [-0.05, 0) is 23.8 Å². The second-order valence-electron chi connectivity index (χ2n) is 7.25. The molecule has 16 heteroatoms. The fraction of sp³-hybridized carbons (Fsp3) is 0.533. The Morgan fingerprint density at radius 1 is 1.39 bits per heavy atom. The molecule has 1 aromatic heterocycles. The van der Waals surface area contributed by atoms with Gasteiger partial charge in [-0.15, -0.1) is 10.2 Å². The summed E-state index contributed by atoms with van der Waals surface area (Å²) in [5, 5.41) is 23.2. The van der Waals surface area contributed by atoms with E-state index in [9.17, 15) is 22.1 Å². The lowest BCUT2D eigenvalue weighted by Crippen LogP contribution is -2.48. The molecule has 4 atom stereocenters. The molecule has 3 heterocycles. The first-order chi connectivity index (χ1) is 14.7. The summed E-state index contributed by atoms with van der Waals surface area (Å²) < 4.78 is 59.7. The monoisotopic (exact) mass is 475 g/mol. The Kier molecular flexibility index (Phi) is 5.69. The van der Waals surface area contributed by atoms with E-state index in [1.54, 1.807) is 4.90 Å². The van der Waals surface area contributed by atoms with E-state index in [0.717, 1.165) is 0 Å². The average molecular weight is 476 g/mol. The minimum Gasteiger partial charge on any atom is -0.390 e. The minimum atomic E-state index is -4.40. The maximum absolute atomic E-state index is 14.3. The summed E-state index contributed by atoms with van der Waals surface area (Å²) in [5.74, 6) is -0.0680. The summed E-state index contributed by atoms with van der Waals surface area (Å²) in [7, 11) is -8.04. The molecule has 170 valence electrons. The quantitative estimate of drug-likeness (QED) is 0.313. The zero-order chi connectivity index (χ0) is 22.4. The number of nitrogens with two attached hydrogens (primary N) is 2. The Balaban J connectivity index is 1.87. The van der Waals surface area contributed by atoms with E-state index < -0.39 is 38.3 Å². The summed E-state index contributed by atoms with van der Waals surface area (Å²) in [6.45, 7) is -0.0334. The number of alkyl halides is 1. The number of nitrogens with zero attached hydrogens (tertiary/aromatic N) is 5. The average Bonchev–Trinajstić information content (AvgIpc) is 3.33. The fourth-order valence-corrected chi connectivity index (χ4v) is 8.07. The molecule has 0 aliphatic carbocycles. The van der Waals surface area contributed by atoms with E-state index >= 15 is 0 Å². The third kappa shape index (κ3) is 3.90. The van der Waals surface area contributed by atoms with Crippen molar-refractivity contribution in [3.8, 4) is 11.4 Å². The number of rotatable bonds is 6. The van der Waals surface area contributed by atoms with E-state index in [-0.39, 0.29) is 40.8 Å². The number of H-pyrrole nitrogens is 1. The molecule has 1 aromatic carbocycles. The van der Waals surface area contributed by atoms with Crippen molar-refractivity contribution in [1.29, 1.82) is 0 Å². The Labute approximate surface area is 177 Å². The molecule has 2 aromatic rings. The van der Waals surface area contributed by atoms with Crippen LogP contribution in [0.25, 0.3) is 11.4 Å². The van der Waals surface area contributed by atoms with Gasteiger partial charge in [0.25, 0.3) is 10.0 Å². The van der Waals surface area contributed by atoms with Gasteiger partial charge < -0.3 is 21.5 Å². The zero-order valence-corrected chi connectivity index (χ0v) is 17.8. The van der Waals surface area contributed by atoms with Crippen LogP contribution in [0.2, 0.25) is 0 Å². The highest BCUT2D eigenvalue weighted by atomic mass is 32.3. The third-order valence-electron chi connectivity index (χ3n) is 5.15.